The Bertz CT molecular complexity index is 678. The standard InChI is InChI=1S/C13H10ClN3O2S/c1-2-9-4-3-5-10(13(18)15-14)11(9)8-19-12-6-7-17(20)16-12/h1,3-7,20H,8H2,(H,15,18). The Morgan fingerprint density at radius 3 is 2.95 bits per heavy atom. The van der Waals surface area contributed by atoms with Gasteiger partial charge in [0.1, 0.15) is 6.61 Å². The summed E-state index contributed by atoms with van der Waals surface area (Å²) < 4.78 is 6.81. The molecule has 0 saturated heterocycles. The van der Waals surface area contributed by atoms with E-state index in [1.165, 1.54) is 4.09 Å². The lowest BCUT2D eigenvalue weighted by molar-refractivity contribution is 0.0979. The first-order chi connectivity index (χ1) is 9.65. The molecule has 102 valence electrons. The summed E-state index contributed by atoms with van der Waals surface area (Å²) in [5, 5.41) is 3.96. The molecule has 0 fully saturated rings. The Kier molecular flexibility index (Phi) is 4.56. The lowest BCUT2D eigenvalue weighted by Gasteiger charge is -2.10. The lowest BCUT2D eigenvalue weighted by atomic mass is 10.0. The van der Waals surface area contributed by atoms with Crippen LogP contribution in [0.25, 0.3) is 0 Å². The third-order valence-corrected chi connectivity index (χ3v) is 2.97. The van der Waals surface area contributed by atoms with E-state index in [0.29, 0.717) is 22.6 Å². The van der Waals surface area contributed by atoms with E-state index in [0.717, 1.165) is 0 Å². The Morgan fingerprint density at radius 1 is 1.55 bits per heavy atom. The second-order valence-corrected chi connectivity index (χ2v) is 4.36. The van der Waals surface area contributed by atoms with Gasteiger partial charge in [0.25, 0.3) is 5.91 Å². The average Bonchev–Trinajstić information content (AvgIpc) is 2.89. The van der Waals surface area contributed by atoms with Crippen LogP contribution in [0, 0.1) is 12.3 Å². The smallest absolute Gasteiger partial charge is 0.266 e. The number of aromatic nitrogens is 2. The summed E-state index contributed by atoms with van der Waals surface area (Å²) in [5.41, 5.74) is 1.50. The molecule has 1 aromatic heterocycles. The van der Waals surface area contributed by atoms with E-state index in [1.807, 2.05) is 0 Å². The number of rotatable bonds is 4. The van der Waals surface area contributed by atoms with Gasteiger partial charge in [-0.1, -0.05) is 12.0 Å². The van der Waals surface area contributed by atoms with Crippen LogP contribution in [0.2, 0.25) is 0 Å². The quantitative estimate of drug-likeness (QED) is 0.516. The maximum absolute atomic E-state index is 11.7. The second kappa shape index (κ2) is 6.37. The third kappa shape index (κ3) is 3.07. The van der Waals surface area contributed by atoms with Crippen molar-refractivity contribution in [3.63, 3.8) is 0 Å². The topological polar surface area (TPSA) is 56.1 Å². The number of amides is 1. The van der Waals surface area contributed by atoms with Gasteiger partial charge in [0.05, 0.1) is 0 Å². The highest BCUT2D eigenvalue weighted by Crippen LogP contribution is 2.18. The first kappa shape index (κ1) is 14.3. The third-order valence-electron chi connectivity index (χ3n) is 2.58. The first-order valence-electron chi connectivity index (χ1n) is 5.53. The normalized spacial score (nSPS) is 9.85. The maximum atomic E-state index is 11.7. The summed E-state index contributed by atoms with van der Waals surface area (Å²) in [6.45, 7) is 0.102. The molecule has 7 heteroatoms. The Hall–Kier alpha value is -2.10. The van der Waals surface area contributed by atoms with Crippen LogP contribution in [0.4, 0.5) is 0 Å². The number of thiol groups is 1. The fourth-order valence-electron chi connectivity index (χ4n) is 1.66. The van der Waals surface area contributed by atoms with E-state index in [1.54, 1.807) is 30.5 Å². The van der Waals surface area contributed by atoms with Gasteiger partial charge >= 0.3 is 0 Å². The van der Waals surface area contributed by atoms with E-state index in [9.17, 15) is 4.79 Å². The number of hydrogen-bond acceptors (Lipinski definition) is 4. The molecule has 0 saturated carbocycles. The molecule has 20 heavy (non-hydrogen) atoms. The van der Waals surface area contributed by atoms with Gasteiger partial charge in [0, 0.05) is 40.7 Å². The van der Waals surface area contributed by atoms with Crippen LogP contribution in [0.15, 0.2) is 30.5 Å². The molecule has 1 aromatic carbocycles. The average molecular weight is 308 g/mol. The number of halogens is 1. The number of carbonyl (C=O) groups is 1. The van der Waals surface area contributed by atoms with Crippen molar-refractivity contribution in [1.82, 2.24) is 14.0 Å². The molecule has 2 rings (SSSR count). The predicted octanol–water partition coefficient (Wildman–Crippen LogP) is 2.02. The minimum Gasteiger partial charge on any atom is -0.472 e. The van der Waals surface area contributed by atoms with Crippen molar-refractivity contribution in [3.05, 3.63) is 47.2 Å². The number of hydrogen-bond donors (Lipinski definition) is 2. The van der Waals surface area contributed by atoms with Gasteiger partial charge < -0.3 is 4.74 Å². The van der Waals surface area contributed by atoms with Crippen LogP contribution in [-0.2, 0) is 6.61 Å². The largest absolute Gasteiger partial charge is 0.472 e. The van der Waals surface area contributed by atoms with E-state index < -0.39 is 5.91 Å². The molecule has 0 unspecified atom stereocenters. The number of carbonyl (C=O) groups excluding carboxylic acids is 1. The molecule has 0 aliphatic rings. The van der Waals surface area contributed by atoms with Crippen LogP contribution in [0.1, 0.15) is 21.5 Å². The summed E-state index contributed by atoms with van der Waals surface area (Å²) in [4.78, 5) is 13.8. The SMILES string of the molecule is C#Cc1cccc(C(=O)NCl)c1COc1ccn(S)n1. The lowest BCUT2D eigenvalue weighted by Crippen LogP contribution is -2.16. The number of benzene rings is 1. The molecule has 0 bridgehead atoms. The minimum absolute atomic E-state index is 0.102. The zero-order valence-electron chi connectivity index (χ0n) is 10.2. The maximum Gasteiger partial charge on any atom is 0.266 e. The molecule has 1 N–H and O–H groups in total. The molecule has 0 radical (unpaired) electrons. The van der Waals surface area contributed by atoms with Crippen molar-refractivity contribution in [1.29, 1.82) is 0 Å². The summed E-state index contributed by atoms with van der Waals surface area (Å²) in [6.07, 6.45) is 7.05. The zero-order valence-corrected chi connectivity index (χ0v) is 11.9. The van der Waals surface area contributed by atoms with Gasteiger partial charge in [-0.15, -0.1) is 11.5 Å². The predicted molar refractivity (Wildman–Crippen MR) is 78.6 cm³/mol. The van der Waals surface area contributed by atoms with Crippen molar-refractivity contribution < 1.29 is 9.53 Å². The fourth-order valence-corrected chi connectivity index (χ4v) is 1.92. The number of ether oxygens (including phenoxy) is 1. The van der Waals surface area contributed by atoms with Gasteiger partial charge in [0.15, 0.2) is 0 Å². The Balaban J connectivity index is 2.29. The van der Waals surface area contributed by atoms with Crippen molar-refractivity contribution in [2.75, 3.05) is 0 Å². The number of nitrogens with zero attached hydrogens (tertiary/aromatic N) is 2. The highest BCUT2D eigenvalue weighted by Gasteiger charge is 2.14. The molecule has 1 amide bonds. The van der Waals surface area contributed by atoms with Crippen LogP contribution in [-0.4, -0.2) is 15.1 Å². The minimum atomic E-state index is -0.443. The molecule has 2 aromatic rings. The van der Waals surface area contributed by atoms with Gasteiger partial charge in [-0.2, -0.15) is 0 Å². The molecule has 1 heterocycles. The molecular formula is C13H10ClN3O2S. The van der Waals surface area contributed by atoms with Gasteiger partial charge in [-0.05, 0) is 24.9 Å². The summed E-state index contributed by atoms with van der Waals surface area (Å²) in [5.74, 6) is 2.45. The highest BCUT2D eigenvalue weighted by atomic mass is 35.5. The highest BCUT2D eigenvalue weighted by molar-refractivity contribution is 7.78. The van der Waals surface area contributed by atoms with Crippen molar-refractivity contribution in [2.24, 2.45) is 0 Å². The van der Waals surface area contributed by atoms with Crippen molar-refractivity contribution in [3.8, 4) is 18.2 Å². The Morgan fingerprint density at radius 2 is 2.35 bits per heavy atom. The van der Waals surface area contributed by atoms with Gasteiger partial charge in [-0.25, -0.2) is 4.09 Å². The second-order valence-electron chi connectivity index (χ2n) is 3.76. The van der Waals surface area contributed by atoms with Gasteiger partial charge in [0.2, 0.25) is 5.88 Å². The van der Waals surface area contributed by atoms with E-state index >= 15 is 0 Å². The van der Waals surface area contributed by atoms with Crippen molar-refractivity contribution in [2.45, 2.75) is 6.61 Å². The van der Waals surface area contributed by atoms with Crippen LogP contribution in [0.5, 0.6) is 5.88 Å². The van der Waals surface area contributed by atoms with Crippen LogP contribution < -0.4 is 9.57 Å². The van der Waals surface area contributed by atoms with Crippen LogP contribution in [0.3, 0.4) is 0 Å². The zero-order chi connectivity index (χ0) is 14.5. The summed E-state index contributed by atoms with van der Waals surface area (Å²) in [7, 11) is 0. The molecular weight excluding hydrogens is 298 g/mol. The van der Waals surface area contributed by atoms with E-state index in [2.05, 4.69) is 28.7 Å². The molecule has 5 nitrogen and oxygen atoms in total. The summed E-state index contributed by atoms with van der Waals surface area (Å²) >= 11 is 9.36. The van der Waals surface area contributed by atoms with Crippen molar-refractivity contribution >= 4 is 30.5 Å². The first-order valence-corrected chi connectivity index (χ1v) is 6.30. The molecule has 0 spiro atoms. The molecule has 0 aliphatic heterocycles. The Labute approximate surface area is 126 Å². The number of nitrogens with one attached hydrogen (secondary N) is 1. The summed E-state index contributed by atoms with van der Waals surface area (Å²) in [6, 6.07) is 6.67. The molecule has 0 aliphatic carbocycles. The number of terminal acetylenes is 1. The van der Waals surface area contributed by atoms with E-state index in [-0.39, 0.29) is 6.61 Å². The van der Waals surface area contributed by atoms with E-state index in [4.69, 9.17) is 22.9 Å². The van der Waals surface area contributed by atoms with Crippen LogP contribution >= 0.6 is 24.6 Å². The molecule has 0 atom stereocenters. The fraction of sp³-hybridized carbons (Fsp3) is 0.0769. The monoisotopic (exact) mass is 307 g/mol. The van der Waals surface area contributed by atoms with Gasteiger partial charge in [-0.3, -0.25) is 9.63 Å².